The number of amides is 1. The Balaban J connectivity index is 1.42. The predicted octanol–water partition coefficient (Wildman–Crippen LogP) is 5.56. The van der Waals surface area contributed by atoms with Crippen molar-refractivity contribution in [1.29, 1.82) is 0 Å². The van der Waals surface area contributed by atoms with Crippen molar-refractivity contribution in [3.8, 4) is 0 Å². The molecule has 1 amide bonds. The van der Waals surface area contributed by atoms with Crippen molar-refractivity contribution in [3.05, 3.63) is 69.3 Å². The number of rotatable bonds is 6. The predicted molar refractivity (Wildman–Crippen MR) is 143 cm³/mol. The Labute approximate surface area is 225 Å². The maximum atomic E-state index is 14.1. The van der Waals surface area contributed by atoms with Crippen molar-refractivity contribution >= 4 is 22.5 Å². The van der Waals surface area contributed by atoms with Crippen molar-refractivity contribution in [2.45, 2.75) is 71.5 Å². The van der Waals surface area contributed by atoms with Crippen LogP contribution < -0.4 is 10.9 Å². The molecule has 5 rings (SSSR count). The molecule has 3 aromatic rings. The first kappa shape index (κ1) is 27.2. The van der Waals surface area contributed by atoms with Gasteiger partial charge in [-0.3, -0.25) is 14.2 Å². The Kier molecular flexibility index (Phi) is 7.17. The van der Waals surface area contributed by atoms with Gasteiger partial charge in [0.1, 0.15) is 5.82 Å². The molecule has 39 heavy (non-hydrogen) atoms. The lowest BCUT2D eigenvalue weighted by atomic mass is 9.98. The number of ether oxygens (including phenoxy) is 1. The molecular weight excluding hydrogens is 509 g/mol. The molecule has 1 saturated carbocycles. The fourth-order valence-electron chi connectivity index (χ4n) is 5.34. The number of carbonyl (C=O) groups is 1. The Morgan fingerprint density at radius 1 is 1.13 bits per heavy atom. The molecule has 2 heterocycles. The minimum absolute atomic E-state index is 0.0350. The van der Waals surface area contributed by atoms with Gasteiger partial charge in [0.25, 0.3) is 11.5 Å². The topological polar surface area (TPSA) is 76.5 Å². The Bertz CT molecular complexity index is 1440. The van der Waals surface area contributed by atoms with Gasteiger partial charge in [0.05, 0.1) is 28.7 Å². The average Bonchev–Trinajstić information content (AvgIpc) is 3.69. The van der Waals surface area contributed by atoms with Gasteiger partial charge in [0.2, 0.25) is 0 Å². The van der Waals surface area contributed by atoms with Gasteiger partial charge >= 0.3 is 6.18 Å². The van der Waals surface area contributed by atoms with E-state index in [1.165, 1.54) is 6.07 Å². The van der Waals surface area contributed by atoms with E-state index in [0.29, 0.717) is 42.6 Å². The van der Waals surface area contributed by atoms with Crippen LogP contribution in [0.4, 0.5) is 18.9 Å². The van der Waals surface area contributed by atoms with Crippen LogP contribution in [0.3, 0.4) is 0 Å². The van der Waals surface area contributed by atoms with Gasteiger partial charge in [-0.1, -0.05) is 0 Å². The van der Waals surface area contributed by atoms with Crippen molar-refractivity contribution < 1.29 is 22.7 Å². The first-order chi connectivity index (χ1) is 18.4. The van der Waals surface area contributed by atoms with Crippen LogP contribution >= 0.6 is 0 Å². The Morgan fingerprint density at radius 2 is 1.77 bits per heavy atom. The highest BCUT2D eigenvalue weighted by atomic mass is 19.4. The van der Waals surface area contributed by atoms with Gasteiger partial charge in [-0.25, -0.2) is 4.98 Å². The quantitative estimate of drug-likeness (QED) is 0.442. The monoisotopic (exact) mass is 542 g/mol. The lowest BCUT2D eigenvalue weighted by Gasteiger charge is -2.35. The number of hydrogen-bond donors (Lipinski definition) is 1. The average molecular weight is 543 g/mol. The van der Waals surface area contributed by atoms with Crippen molar-refractivity contribution in [2.75, 3.05) is 18.4 Å². The molecule has 3 atom stereocenters. The normalized spacial score (nSPS) is 20.7. The molecule has 1 aliphatic carbocycles. The van der Waals surface area contributed by atoms with Crippen LogP contribution in [0.2, 0.25) is 0 Å². The smallest absolute Gasteiger partial charge is 0.379 e. The zero-order valence-corrected chi connectivity index (χ0v) is 22.5. The van der Waals surface area contributed by atoms with E-state index in [1.807, 2.05) is 13.8 Å². The lowest BCUT2D eigenvalue weighted by Crippen LogP contribution is -2.48. The van der Waals surface area contributed by atoms with Crippen LogP contribution in [0.25, 0.3) is 10.9 Å². The second-order valence-electron chi connectivity index (χ2n) is 10.9. The standard InChI is InChI=1S/C29H33F3N4O3/c1-16-13-35(14-17(2)39-16)27(37)21-7-9-22(10-8-21)33-18(3)23-11-24-26(12-25(23)29(30,31)32)34-19(4)36(28(24)38)15-20-5-6-20/h7-12,16-18,20,33H,5-6,13-15H2,1-4H3/t16-,17+,18-/m0/s1. The van der Waals surface area contributed by atoms with Gasteiger partial charge < -0.3 is 15.0 Å². The lowest BCUT2D eigenvalue weighted by molar-refractivity contribution is -0.138. The first-order valence-electron chi connectivity index (χ1n) is 13.3. The summed E-state index contributed by atoms with van der Waals surface area (Å²) in [6.45, 7) is 8.65. The minimum Gasteiger partial charge on any atom is -0.379 e. The summed E-state index contributed by atoms with van der Waals surface area (Å²) in [5.74, 6) is 0.720. The van der Waals surface area contributed by atoms with E-state index in [0.717, 1.165) is 18.9 Å². The number of aromatic nitrogens is 2. The zero-order chi connectivity index (χ0) is 28.1. The molecular formula is C29H33F3N4O3. The van der Waals surface area contributed by atoms with Crippen molar-refractivity contribution in [2.24, 2.45) is 5.92 Å². The van der Waals surface area contributed by atoms with E-state index in [-0.39, 0.29) is 40.1 Å². The van der Waals surface area contributed by atoms with Crippen LogP contribution in [0.5, 0.6) is 0 Å². The largest absolute Gasteiger partial charge is 0.416 e. The number of benzene rings is 2. The van der Waals surface area contributed by atoms with E-state index >= 15 is 0 Å². The molecule has 0 unspecified atom stereocenters. The number of nitrogens with one attached hydrogen (secondary N) is 1. The molecule has 0 bridgehead atoms. The highest BCUT2D eigenvalue weighted by Crippen LogP contribution is 2.38. The first-order valence-corrected chi connectivity index (χ1v) is 13.3. The number of fused-ring (bicyclic) bond motifs is 1. The molecule has 0 spiro atoms. The number of nitrogens with zero attached hydrogens (tertiary/aromatic N) is 3. The molecule has 10 heteroatoms. The second-order valence-corrected chi connectivity index (χ2v) is 10.9. The molecule has 7 nitrogen and oxygen atoms in total. The van der Waals surface area contributed by atoms with Gasteiger partial charge in [0, 0.05) is 36.9 Å². The molecule has 208 valence electrons. The van der Waals surface area contributed by atoms with E-state index in [4.69, 9.17) is 4.74 Å². The second kappa shape index (κ2) is 10.3. The highest BCUT2D eigenvalue weighted by molar-refractivity contribution is 5.94. The minimum atomic E-state index is -4.62. The summed E-state index contributed by atoms with van der Waals surface area (Å²) >= 11 is 0. The maximum Gasteiger partial charge on any atom is 0.416 e. The SMILES string of the molecule is Cc1nc2cc(C(F)(F)F)c([C@H](C)Nc3ccc(C(=O)N4C[C@@H](C)O[C@@H](C)C4)cc3)cc2c(=O)n1CC1CC1. The summed E-state index contributed by atoms with van der Waals surface area (Å²) in [6, 6.07) is 8.22. The fraction of sp³-hybridized carbons (Fsp3) is 0.483. The number of carbonyl (C=O) groups excluding carboxylic acids is 1. The molecule has 2 aromatic carbocycles. The number of hydrogen-bond acceptors (Lipinski definition) is 5. The number of alkyl halides is 3. The van der Waals surface area contributed by atoms with Crippen LogP contribution in [0.15, 0.2) is 41.2 Å². The fourth-order valence-corrected chi connectivity index (χ4v) is 5.34. The maximum absolute atomic E-state index is 14.1. The Morgan fingerprint density at radius 3 is 2.36 bits per heavy atom. The van der Waals surface area contributed by atoms with Gasteiger partial charge in [0.15, 0.2) is 0 Å². The highest BCUT2D eigenvalue weighted by Gasteiger charge is 2.36. The van der Waals surface area contributed by atoms with E-state index < -0.39 is 17.8 Å². The van der Waals surface area contributed by atoms with Crippen LogP contribution in [-0.2, 0) is 17.5 Å². The molecule has 2 fully saturated rings. The molecule has 0 radical (unpaired) electrons. The van der Waals surface area contributed by atoms with Gasteiger partial charge in [-0.15, -0.1) is 0 Å². The molecule has 1 aliphatic heterocycles. The third kappa shape index (κ3) is 5.80. The summed E-state index contributed by atoms with van der Waals surface area (Å²) in [6.07, 6.45) is -2.65. The molecule has 1 saturated heterocycles. The zero-order valence-electron chi connectivity index (χ0n) is 22.5. The number of aryl methyl sites for hydroxylation is 1. The van der Waals surface area contributed by atoms with Crippen LogP contribution in [0, 0.1) is 12.8 Å². The summed E-state index contributed by atoms with van der Waals surface area (Å²) in [7, 11) is 0. The number of anilines is 1. The van der Waals surface area contributed by atoms with E-state index in [9.17, 15) is 22.8 Å². The van der Waals surface area contributed by atoms with Crippen LogP contribution in [-0.4, -0.2) is 45.7 Å². The Hall–Kier alpha value is -3.40. The molecule has 1 N–H and O–H groups in total. The summed E-state index contributed by atoms with van der Waals surface area (Å²) in [5, 5.41) is 3.28. The van der Waals surface area contributed by atoms with Crippen molar-refractivity contribution in [1.82, 2.24) is 14.5 Å². The molecule has 1 aromatic heterocycles. The summed E-state index contributed by atoms with van der Waals surface area (Å²) in [4.78, 5) is 32.3. The summed E-state index contributed by atoms with van der Waals surface area (Å²) < 4.78 is 49.6. The van der Waals surface area contributed by atoms with E-state index in [1.54, 1.807) is 47.6 Å². The third-order valence-electron chi connectivity index (χ3n) is 7.45. The van der Waals surface area contributed by atoms with Gasteiger partial charge in [-0.05, 0) is 88.4 Å². The number of morpholine rings is 1. The molecule has 2 aliphatic rings. The number of halogens is 3. The van der Waals surface area contributed by atoms with Crippen molar-refractivity contribution in [3.63, 3.8) is 0 Å². The van der Waals surface area contributed by atoms with Crippen LogP contribution in [0.1, 0.15) is 67.0 Å². The van der Waals surface area contributed by atoms with Gasteiger partial charge in [-0.2, -0.15) is 13.2 Å². The third-order valence-corrected chi connectivity index (χ3v) is 7.45. The summed E-state index contributed by atoms with van der Waals surface area (Å²) in [5.41, 5.74) is -0.0857. The van der Waals surface area contributed by atoms with E-state index in [2.05, 4.69) is 10.3 Å².